The number of halogens is 6. The Morgan fingerprint density at radius 2 is 1.51 bits per heavy atom. The van der Waals surface area contributed by atoms with Gasteiger partial charge in [-0.1, -0.05) is 18.2 Å². The summed E-state index contributed by atoms with van der Waals surface area (Å²) in [7, 11) is 0. The predicted octanol–water partition coefficient (Wildman–Crippen LogP) is 6.58. The Labute approximate surface area is 194 Å². The van der Waals surface area contributed by atoms with Crippen molar-refractivity contribution in [2.45, 2.75) is 18.9 Å². The minimum atomic E-state index is -4.98. The van der Waals surface area contributed by atoms with Crippen LogP contribution in [0.3, 0.4) is 0 Å². The second-order valence-corrected chi connectivity index (χ2v) is 7.75. The third-order valence-electron chi connectivity index (χ3n) is 5.24. The molecule has 2 N–H and O–H groups in total. The van der Waals surface area contributed by atoms with Crippen LogP contribution in [-0.4, -0.2) is 16.0 Å². The van der Waals surface area contributed by atoms with Gasteiger partial charge in [-0.15, -0.1) is 0 Å². The molecule has 0 fully saturated rings. The molecular formula is C25H16F6N2O2. The highest BCUT2D eigenvalue weighted by molar-refractivity contribution is 5.96. The van der Waals surface area contributed by atoms with Gasteiger partial charge in [0.05, 0.1) is 11.1 Å². The smallest absolute Gasteiger partial charge is 0.416 e. The standard InChI is InChI=1S/C25H16F6N2O2/c26-24(27,28)19-7-14(8-20(12-19)25(29,30)31)13-33-23(35)17-4-1-3-15(9-17)18-10-16-5-2-6-32-22(16)21(34)11-18/h1-12,34H,13H2,(H,33,35). The lowest BCUT2D eigenvalue weighted by Gasteiger charge is -2.15. The van der Waals surface area contributed by atoms with E-state index in [2.05, 4.69) is 10.3 Å². The van der Waals surface area contributed by atoms with Crippen LogP contribution in [0.4, 0.5) is 26.3 Å². The van der Waals surface area contributed by atoms with E-state index in [1.165, 1.54) is 24.4 Å². The zero-order valence-electron chi connectivity index (χ0n) is 17.7. The number of alkyl halides is 6. The van der Waals surface area contributed by atoms with Gasteiger partial charge < -0.3 is 10.4 Å². The van der Waals surface area contributed by atoms with Gasteiger partial charge in [0.1, 0.15) is 11.3 Å². The van der Waals surface area contributed by atoms with Gasteiger partial charge in [0.2, 0.25) is 0 Å². The van der Waals surface area contributed by atoms with E-state index in [0.29, 0.717) is 34.2 Å². The number of carbonyl (C=O) groups is 1. The lowest BCUT2D eigenvalue weighted by atomic mass is 10.0. The highest BCUT2D eigenvalue weighted by atomic mass is 19.4. The molecule has 0 aliphatic carbocycles. The van der Waals surface area contributed by atoms with Crippen molar-refractivity contribution in [2.75, 3.05) is 0 Å². The number of carbonyl (C=O) groups excluding carboxylic acids is 1. The Morgan fingerprint density at radius 3 is 2.17 bits per heavy atom. The second kappa shape index (κ2) is 8.94. The number of benzene rings is 3. The molecule has 0 atom stereocenters. The average molecular weight is 490 g/mol. The Balaban J connectivity index is 1.58. The summed E-state index contributed by atoms with van der Waals surface area (Å²) in [6.45, 7) is -0.543. The molecule has 0 aliphatic heterocycles. The van der Waals surface area contributed by atoms with Crippen molar-refractivity contribution >= 4 is 16.8 Å². The molecule has 0 aliphatic rings. The van der Waals surface area contributed by atoms with Crippen LogP contribution < -0.4 is 5.32 Å². The molecular weight excluding hydrogens is 474 g/mol. The topological polar surface area (TPSA) is 62.2 Å². The van der Waals surface area contributed by atoms with Crippen molar-refractivity contribution in [2.24, 2.45) is 0 Å². The van der Waals surface area contributed by atoms with Gasteiger partial charge in [-0.05, 0) is 65.2 Å². The Kier molecular flexibility index (Phi) is 6.14. The Morgan fingerprint density at radius 1 is 0.829 bits per heavy atom. The van der Waals surface area contributed by atoms with E-state index >= 15 is 0 Å². The Hall–Kier alpha value is -4.08. The third-order valence-corrected chi connectivity index (χ3v) is 5.24. The number of hydrogen-bond donors (Lipinski definition) is 2. The highest BCUT2D eigenvalue weighted by Gasteiger charge is 2.36. The van der Waals surface area contributed by atoms with Crippen LogP contribution in [0, 0.1) is 0 Å². The van der Waals surface area contributed by atoms with Gasteiger partial charge in [-0.25, -0.2) is 0 Å². The average Bonchev–Trinajstić information content (AvgIpc) is 2.81. The van der Waals surface area contributed by atoms with E-state index < -0.39 is 35.9 Å². The first-order valence-electron chi connectivity index (χ1n) is 10.2. The summed E-state index contributed by atoms with van der Waals surface area (Å²) in [4.78, 5) is 16.7. The van der Waals surface area contributed by atoms with Gasteiger partial charge in [0.15, 0.2) is 0 Å². The molecule has 180 valence electrons. The van der Waals surface area contributed by atoms with Crippen molar-refractivity contribution < 1.29 is 36.2 Å². The molecule has 4 aromatic rings. The SMILES string of the molecule is O=C(NCc1cc(C(F)(F)F)cc(C(F)(F)F)c1)c1cccc(-c2cc(O)c3ncccc3c2)c1. The van der Waals surface area contributed by atoms with Gasteiger partial charge in [0.25, 0.3) is 5.91 Å². The van der Waals surface area contributed by atoms with Crippen molar-refractivity contribution in [3.8, 4) is 16.9 Å². The fourth-order valence-corrected chi connectivity index (χ4v) is 3.59. The maximum absolute atomic E-state index is 13.1. The lowest BCUT2D eigenvalue weighted by Crippen LogP contribution is -2.23. The summed E-state index contributed by atoms with van der Waals surface area (Å²) in [5, 5.41) is 13.3. The molecule has 1 heterocycles. The molecule has 1 amide bonds. The number of amides is 1. The number of rotatable bonds is 4. The zero-order chi connectivity index (χ0) is 25.4. The molecule has 4 rings (SSSR count). The van der Waals surface area contributed by atoms with Crippen molar-refractivity contribution in [1.29, 1.82) is 0 Å². The number of hydrogen-bond acceptors (Lipinski definition) is 3. The summed E-state index contributed by atoms with van der Waals surface area (Å²) < 4.78 is 78.3. The summed E-state index contributed by atoms with van der Waals surface area (Å²) in [5.41, 5.74) is -1.56. The zero-order valence-corrected chi connectivity index (χ0v) is 17.7. The summed E-state index contributed by atoms with van der Waals surface area (Å²) in [6, 6.07) is 14.1. The molecule has 4 nitrogen and oxygen atoms in total. The van der Waals surface area contributed by atoms with Crippen LogP contribution in [0.25, 0.3) is 22.0 Å². The second-order valence-electron chi connectivity index (χ2n) is 7.75. The maximum atomic E-state index is 13.1. The molecule has 0 bridgehead atoms. The monoisotopic (exact) mass is 490 g/mol. The van der Waals surface area contributed by atoms with E-state index in [0.717, 1.165) is 0 Å². The number of fused-ring (bicyclic) bond motifs is 1. The molecule has 0 radical (unpaired) electrons. The largest absolute Gasteiger partial charge is 0.506 e. The quantitative estimate of drug-likeness (QED) is 0.318. The number of aromatic hydroxyl groups is 1. The lowest BCUT2D eigenvalue weighted by molar-refractivity contribution is -0.143. The van der Waals surface area contributed by atoms with Crippen molar-refractivity contribution in [1.82, 2.24) is 10.3 Å². The number of phenolic OH excluding ortho intramolecular Hbond substituents is 1. The first-order valence-corrected chi connectivity index (χ1v) is 10.2. The van der Waals surface area contributed by atoms with Gasteiger partial charge in [-0.2, -0.15) is 26.3 Å². The third kappa shape index (κ3) is 5.37. The molecule has 10 heteroatoms. The summed E-state index contributed by atoms with van der Waals surface area (Å²) in [5.74, 6) is -0.748. The van der Waals surface area contributed by atoms with Crippen molar-refractivity contribution in [3.63, 3.8) is 0 Å². The van der Waals surface area contributed by atoms with Gasteiger partial charge >= 0.3 is 12.4 Å². The Bertz CT molecular complexity index is 1380. The van der Waals surface area contributed by atoms with Crippen LogP contribution in [0.2, 0.25) is 0 Å². The number of aromatic nitrogens is 1. The van der Waals surface area contributed by atoms with E-state index in [1.54, 1.807) is 30.3 Å². The molecule has 3 aromatic carbocycles. The van der Waals surface area contributed by atoms with Gasteiger partial charge in [-0.3, -0.25) is 9.78 Å². The first kappa shape index (κ1) is 24.1. The van der Waals surface area contributed by atoms with Crippen LogP contribution >= 0.6 is 0 Å². The number of pyridine rings is 1. The minimum absolute atomic E-state index is 0.0310. The molecule has 1 aromatic heterocycles. The number of nitrogens with zero attached hydrogens (tertiary/aromatic N) is 1. The van der Waals surface area contributed by atoms with Crippen LogP contribution in [0.1, 0.15) is 27.0 Å². The fourth-order valence-electron chi connectivity index (χ4n) is 3.59. The predicted molar refractivity (Wildman–Crippen MR) is 116 cm³/mol. The van der Waals surface area contributed by atoms with Gasteiger partial charge in [0, 0.05) is 23.7 Å². The maximum Gasteiger partial charge on any atom is 0.416 e. The normalized spacial score (nSPS) is 12.1. The summed E-state index contributed by atoms with van der Waals surface area (Å²) >= 11 is 0. The summed E-state index contributed by atoms with van der Waals surface area (Å²) in [6.07, 6.45) is -8.42. The van der Waals surface area contributed by atoms with E-state index in [1.807, 2.05) is 0 Å². The molecule has 0 saturated heterocycles. The molecule has 0 spiro atoms. The minimum Gasteiger partial charge on any atom is -0.506 e. The molecule has 0 unspecified atom stereocenters. The number of phenols is 1. The molecule has 35 heavy (non-hydrogen) atoms. The van der Waals surface area contributed by atoms with Crippen LogP contribution in [0.5, 0.6) is 5.75 Å². The number of nitrogens with one attached hydrogen (secondary N) is 1. The van der Waals surface area contributed by atoms with Crippen LogP contribution in [-0.2, 0) is 18.9 Å². The van der Waals surface area contributed by atoms with Crippen LogP contribution in [0.15, 0.2) is 72.9 Å². The fraction of sp³-hybridized carbons (Fsp3) is 0.120. The van der Waals surface area contributed by atoms with Crippen molar-refractivity contribution in [3.05, 3.63) is 95.2 Å². The van der Waals surface area contributed by atoms with E-state index in [4.69, 9.17) is 0 Å². The highest BCUT2D eigenvalue weighted by Crippen LogP contribution is 2.36. The van der Waals surface area contributed by atoms with E-state index in [9.17, 15) is 36.2 Å². The first-order chi connectivity index (χ1) is 16.4. The molecule has 0 saturated carbocycles. The van der Waals surface area contributed by atoms with E-state index in [-0.39, 0.29) is 22.9 Å².